The van der Waals surface area contributed by atoms with E-state index in [1.165, 1.54) is 34.8 Å². The maximum atomic E-state index is 13.1. The van der Waals surface area contributed by atoms with Crippen LogP contribution in [0.2, 0.25) is 0 Å². The molecule has 2 aromatic rings. The van der Waals surface area contributed by atoms with Crippen LogP contribution in [0.5, 0.6) is 0 Å². The van der Waals surface area contributed by atoms with Crippen LogP contribution in [0.1, 0.15) is 5.56 Å². The number of nitrogens with zero attached hydrogens (tertiary/aromatic N) is 2. The number of anilines is 1. The maximum absolute atomic E-state index is 13.1. The number of halogens is 1. The summed E-state index contributed by atoms with van der Waals surface area (Å²) in [6.45, 7) is 1.49. The van der Waals surface area contributed by atoms with Crippen molar-refractivity contribution in [2.24, 2.45) is 5.10 Å². The topological polar surface area (TPSA) is 83.0 Å². The molecular formula is C18H19FN4O3S2. The number of nitrogens with one attached hydrogen (secondary N) is 2. The highest BCUT2D eigenvalue weighted by atomic mass is 32.2. The number of rotatable bonds is 5. The van der Waals surface area contributed by atoms with Gasteiger partial charge in [-0.1, -0.05) is 12.1 Å². The molecule has 28 heavy (non-hydrogen) atoms. The van der Waals surface area contributed by atoms with Gasteiger partial charge in [0.15, 0.2) is 5.11 Å². The van der Waals surface area contributed by atoms with Crippen LogP contribution in [0.15, 0.2) is 58.5 Å². The van der Waals surface area contributed by atoms with Gasteiger partial charge in [-0.15, -0.1) is 0 Å². The minimum atomic E-state index is -3.53. The molecule has 0 aliphatic carbocycles. The largest absolute Gasteiger partial charge is 0.379 e. The molecule has 10 heteroatoms. The van der Waals surface area contributed by atoms with Crippen LogP contribution in [0.4, 0.5) is 10.1 Å². The third-order valence-electron chi connectivity index (χ3n) is 3.95. The molecule has 2 aromatic carbocycles. The first-order chi connectivity index (χ1) is 13.4. The van der Waals surface area contributed by atoms with Gasteiger partial charge in [-0.25, -0.2) is 12.8 Å². The Labute approximate surface area is 168 Å². The van der Waals surface area contributed by atoms with Crippen LogP contribution >= 0.6 is 12.2 Å². The number of morpholine rings is 1. The lowest BCUT2D eigenvalue weighted by Gasteiger charge is -2.26. The smallest absolute Gasteiger partial charge is 0.243 e. The molecule has 148 valence electrons. The average Bonchev–Trinajstić information content (AvgIpc) is 2.69. The third kappa shape index (κ3) is 5.32. The summed E-state index contributed by atoms with van der Waals surface area (Å²) in [6, 6.07) is 12.3. The van der Waals surface area contributed by atoms with Gasteiger partial charge in [0.05, 0.1) is 24.3 Å². The van der Waals surface area contributed by atoms with Gasteiger partial charge in [0.25, 0.3) is 0 Å². The van der Waals surface area contributed by atoms with Crippen LogP contribution in [-0.2, 0) is 14.8 Å². The number of hydrogen-bond acceptors (Lipinski definition) is 5. The van der Waals surface area contributed by atoms with Crippen molar-refractivity contribution in [1.29, 1.82) is 0 Å². The molecule has 2 N–H and O–H groups in total. The Hall–Kier alpha value is -2.40. The van der Waals surface area contributed by atoms with E-state index < -0.39 is 10.0 Å². The molecule has 3 rings (SSSR count). The second-order valence-corrected chi connectivity index (χ2v) is 8.27. The lowest BCUT2D eigenvalue weighted by molar-refractivity contribution is 0.0730. The molecule has 0 bridgehead atoms. The van der Waals surface area contributed by atoms with E-state index in [0.717, 1.165) is 0 Å². The summed E-state index contributed by atoms with van der Waals surface area (Å²) in [5.74, 6) is -0.350. The summed E-state index contributed by atoms with van der Waals surface area (Å²) >= 11 is 5.14. The number of sulfonamides is 1. The van der Waals surface area contributed by atoms with Crippen molar-refractivity contribution < 1.29 is 17.5 Å². The van der Waals surface area contributed by atoms with Gasteiger partial charge in [-0.2, -0.15) is 9.41 Å². The summed E-state index contributed by atoms with van der Waals surface area (Å²) in [6.07, 6.45) is 1.44. The highest BCUT2D eigenvalue weighted by Crippen LogP contribution is 2.19. The fourth-order valence-corrected chi connectivity index (χ4v) is 4.14. The fourth-order valence-electron chi connectivity index (χ4n) is 2.56. The van der Waals surface area contributed by atoms with E-state index in [1.807, 2.05) is 0 Å². The number of hydrogen-bond donors (Lipinski definition) is 2. The van der Waals surface area contributed by atoms with Gasteiger partial charge in [-0.3, -0.25) is 5.43 Å². The molecule has 1 aliphatic rings. The molecule has 1 fully saturated rings. The Morgan fingerprint density at radius 1 is 1.18 bits per heavy atom. The number of ether oxygens (including phenoxy) is 1. The second kappa shape index (κ2) is 9.20. The van der Waals surface area contributed by atoms with Crippen molar-refractivity contribution in [1.82, 2.24) is 9.73 Å². The molecule has 1 aliphatic heterocycles. The van der Waals surface area contributed by atoms with Gasteiger partial charge < -0.3 is 10.1 Å². The molecule has 0 atom stereocenters. The molecule has 1 heterocycles. The molecule has 1 saturated heterocycles. The maximum Gasteiger partial charge on any atom is 0.243 e. The van der Waals surface area contributed by atoms with E-state index in [9.17, 15) is 12.8 Å². The highest BCUT2D eigenvalue weighted by molar-refractivity contribution is 7.89. The quantitative estimate of drug-likeness (QED) is 0.437. The molecule has 0 amide bonds. The SMILES string of the molecule is O=S(=O)(c1ccc(NC(=S)N/N=C\c2cccc(F)c2)cc1)N1CCOCC1. The van der Waals surface area contributed by atoms with Crippen molar-refractivity contribution >= 4 is 39.3 Å². The Morgan fingerprint density at radius 2 is 1.89 bits per heavy atom. The molecular weight excluding hydrogens is 403 g/mol. The minimum Gasteiger partial charge on any atom is -0.379 e. The first-order valence-electron chi connectivity index (χ1n) is 8.49. The predicted octanol–water partition coefficient (Wildman–Crippen LogP) is 2.17. The Kier molecular flexibility index (Phi) is 6.68. The summed E-state index contributed by atoms with van der Waals surface area (Å²) in [4.78, 5) is 0.211. The molecule has 0 saturated carbocycles. The van der Waals surface area contributed by atoms with E-state index in [2.05, 4.69) is 15.8 Å². The van der Waals surface area contributed by atoms with E-state index in [0.29, 0.717) is 37.6 Å². The van der Waals surface area contributed by atoms with Crippen molar-refractivity contribution in [2.45, 2.75) is 4.90 Å². The molecule has 0 radical (unpaired) electrons. The van der Waals surface area contributed by atoms with E-state index >= 15 is 0 Å². The molecule has 7 nitrogen and oxygen atoms in total. The van der Waals surface area contributed by atoms with Crippen LogP contribution < -0.4 is 10.7 Å². The summed E-state index contributed by atoms with van der Waals surface area (Å²) < 4.78 is 44.9. The number of hydrazone groups is 1. The van der Waals surface area contributed by atoms with Crippen molar-refractivity contribution in [3.05, 3.63) is 59.9 Å². The zero-order valence-electron chi connectivity index (χ0n) is 14.8. The predicted molar refractivity (Wildman–Crippen MR) is 109 cm³/mol. The van der Waals surface area contributed by atoms with Crippen LogP contribution in [-0.4, -0.2) is 50.4 Å². The van der Waals surface area contributed by atoms with E-state index in [-0.39, 0.29) is 15.8 Å². The Morgan fingerprint density at radius 3 is 2.57 bits per heavy atom. The van der Waals surface area contributed by atoms with Crippen molar-refractivity contribution in [3.63, 3.8) is 0 Å². The number of thiocarbonyl (C=S) groups is 1. The Bertz CT molecular complexity index is 959. The van der Waals surface area contributed by atoms with Crippen molar-refractivity contribution in [3.8, 4) is 0 Å². The highest BCUT2D eigenvalue weighted by Gasteiger charge is 2.26. The average molecular weight is 423 g/mol. The first-order valence-corrected chi connectivity index (χ1v) is 10.3. The first kappa shape index (κ1) is 20.3. The van der Waals surface area contributed by atoms with Crippen molar-refractivity contribution in [2.75, 3.05) is 31.6 Å². The van der Waals surface area contributed by atoms with Crippen LogP contribution in [0.25, 0.3) is 0 Å². The lowest BCUT2D eigenvalue weighted by atomic mass is 10.2. The second-order valence-electron chi connectivity index (χ2n) is 5.92. The zero-order valence-corrected chi connectivity index (χ0v) is 16.5. The zero-order chi connectivity index (χ0) is 20.0. The minimum absolute atomic E-state index is 0.211. The molecule has 0 aromatic heterocycles. The summed E-state index contributed by atoms with van der Waals surface area (Å²) in [5, 5.41) is 7.06. The van der Waals surface area contributed by atoms with Crippen LogP contribution in [0, 0.1) is 5.82 Å². The monoisotopic (exact) mass is 422 g/mol. The normalized spacial score (nSPS) is 15.5. The fraction of sp³-hybridized carbons (Fsp3) is 0.222. The number of benzene rings is 2. The summed E-state index contributed by atoms with van der Waals surface area (Å²) in [5.41, 5.74) is 3.82. The third-order valence-corrected chi connectivity index (χ3v) is 6.05. The van der Waals surface area contributed by atoms with Crippen LogP contribution in [0.3, 0.4) is 0 Å². The van der Waals surface area contributed by atoms with Gasteiger partial charge in [0.2, 0.25) is 10.0 Å². The molecule has 0 spiro atoms. The Balaban J connectivity index is 1.57. The van der Waals surface area contributed by atoms with E-state index in [1.54, 1.807) is 24.3 Å². The van der Waals surface area contributed by atoms with Gasteiger partial charge in [0, 0.05) is 18.8 Å². The van der Waals surface area contributed by atoms with Gasteiger partial charge in [-0.05, 0) is 54.2 Å². The van der Waals surface area contributed by atoms with Gasteiger partial charge >= 0.3 is 0 Å². The lowest BCUT2D eigenvalue weighted by Crippen LogP contribution is -2.40. The summed E-state index contributed by atoms with van der Waals surface area (Å²) in [7, 11) is -3.53. The molecule has 0 unspecified atom stereocenters. The standard InChI is InChI=1S/C18H19FN4O3S2/c19-15-3-1-2-14(12-15)13-20-22-18(27)21-16-4-6-17(7-5-16)28(24,25)23-8-10-26-11-9-23/h1-7,12-13H,8-11H2,(H2,21,22,27)/b20-13-. The van der Waals surface area contributed by atoms with Gasteiger partial charge in [0.1, 0.15) is 5.82 Å². The van der Waals surface area contributed by atoms with E-state index in [4.69, 9.17) is 17.0 Å².